The maximum atomic E-state index is 14.8. The van der Waals surface area contributed by atoms with Crippen molar-refractivity contribution in [2.45, 2.75) is 57.8 Å². The van der Waals surface area contributed by atoms with Crippen molar-refractivity contribution in [3.8, 4) is 11.1 Å². The topological polar surface area (TPSA) is 87.1 Å². The highest BCUT2D eigenvalue weighted by atomic mass is 35.5. The van der Waals surface area contributed by atoms with Crippen LogP contribution in [-0.2, 0) is 17.6 Å². The number of hydrogen-bond donors (Lipinski definition) is 2. The van der Waals surface area contributed by atoms with Crippen molar-refractivity contribution in [3.05, 3.63) is 93.8 Å². The van der Waals surface area contributed by atoms with Gasteiger partial charge in [0.2, 0.25) is 0 Å². The van der Waals surface area contributed by atoms with Crippen LogP contribution < -0.4 is 0 Å². The molecule has 0 radical (unpaired) electrons. The van der Waals surface area contributed by atoms with Crippen LogP contribution in [-0.4, -0.2) is 45.4 Å². The fourth-order valence-corrected chi connectivity index (χ4v) is 4.85. The summed E-state index contributed by atoms with van der Waals surface area (Å²) >= 11 is 5.99. The molecule has 1 aliphatic rings. The molecule has 0 bridgehead atoms. The highest BCUT2D eigenvalue weighted by molar-refractivity contribution is 6.30. The lowest BCUT2D eigenvalue weighted by atomic mass is 9.85. The molecule has 0 spiro atoms. The first-order chi connectivity index (χ1) is 17.9. The van der Waals surface area contributed by atoms with Crippen LogP contribution in [0, 0.1) is 5.82 Å². The zero-order chi connectivity index (χ0) is 27.6. The van der Waals surface area contributed by atoms with E-state index in [1.807, 2.05) is 18.2 Å². The molecule has 6 nitrogen and oxygen atoms in total. The number of ether oxygens (including phenoxy) is 1. The normalized spacial score (nSPS) is 15.9. The van der Waals surface area contributed by atoms with Gasteiger partial charge in [-0.3, -0.25) is 0 Å². The minimum absolute atomic E-state index is 0.0432. The van der Waals surface area contributed by atoms with Gasteiger partial charge in [0.1, 0.15) is 11.4 Å². The average Bonchev–Trinajstić information content (AvgIpc) is 2.85. The number of benzene rings is 3. The third-order valence-corrected chi connectivity index (χ3v) is 6.88. The van der Waals surface area contributed by atoms with Crippen molar-refractivity contribution in [3.63, 3.8) is 0 Å². The highest BCUT2D eigenvalue weighted by Crippen LogP contribution is 2.32. The predicted octanol–water partition coefficient (Wildman–Crippen LogP) is 6.67. The molecule has 0 fully saturated rings. The minimum Gasteiger partial charge on any atom is -0.478 e. The number of halogens is 2. The van der Waals surface area contributed by atoms with Gasteiger partial charge in [0, 0.05) is 16.6 Å². The number of carboxylic acids is 1. The summed E-state index contributed by atoms with van der Waals surface area (Å²) in [5, 5.41) is 20.7. The molecule has 38 heavy (non-hydrogen) atoms. The zero-order valence-corrected chi connectivity index (χ0v) is 22.3. The van der Waals surface area contributed by atoms with Gasteiger partial charge in [0.25, 0.3) is 0 Å². The smallest absolute Gasteiger partial charge is 0.410 e. The maximum Gasteiger partial charge on any atom is 0.410 e. The van der Waals surface area contributed by atoms with E-state index in [1.54, 1.807) is 49.9 Å². The van der Waals surface area contributed by atoms with E-state index < -0.39 is 29.6 Å². The van der Waals surface area contributed by atoms with Crippen LogP contribution in [0.3, 0.4) is 0 Å². The first kappa shape index (κ1) is 27.6. The lowest BCUT2D eigenvalue weighted by Crippen LogP contribution is -2.47. The minimum atomic E-state index is -1.19. The predicted molar refractivity (Wildman–Crippen MR) is 144 cm³/mol. The van der Waals surface area contributed by atoms with Crippen LogP contribution in [0.4, 0.5) is 9.18 Å². The molecule has 2 atom stereocenters. The summed E-state index contributed by atoms with van der Waals surface area (Å²) in [5.41, 5.74) is 2.83. The molecule has 8 heteroatoms. The molecule has 0 saturated carbocycles. The molecule has 0 aliphatic heterocycles. The van der Waals surface area contributed by atoms with Gasteiger partial charge >= 0.3 is 12.1 Å². The number of amides is 1. The van der Waals surface area contributed by atoms with Gasteiger partial charge in [0.15, 0.2) is 0 Å². The van der Waals surface area contributed by atoms with E-state index in [2.05, 4.69) is 0 Å². The van der Waals surface area contributed by atoms with E-state index in [0.717, 1.165) is 17.2 Å². The number of carboxylic acid groups (broad SMARTS) is 1. The average molecular weight is 540 g/mol. The molecule has 1 amide bonds. The van der Waals surface area contributed by atoms with Gasteiger partial charge in [-0.2, -0.15) is 0 Å². The number of rotatable bonds is 6. The number of carbonyl (C=O) groups is 2. The third kappa shape index (κ3) is 6.52. The molecule has 0 unspecified atom stereocenters. The van der Waals surface area contributed by atoms with Crippen LogP contribution in [0.25, 0.3) is 11.1 Å². The van der Waals surface area contributed by atoms with Gasteiger partial charge in [-0.25, -0.2) is 14.0 Å². The molecule has 0 aromatic heterocycles. The van der Waals surface area contributed by atoms with Crippen molar-refractivity contribution < 1.29 is 28.9 Å². The highest BCUT2D eigenvalue weighted by Gasteiger charge is 2.33. The summed E-state index contributed by atoms with van der Waals surface area (Å²) in [5.74, 6) is -1.80. The van der Waals surface area contributed by atoms with E-state index >= 15 is 0 Å². The fraction of sp³-hybridized carbons (Fsp3) is 0.333. The first-order valence-corrected chi connectivity index (χ1v) is 12.9. The van der Waals surface area contributed by atoms with Crippen molar-refractivity contribution in [2.24, 2.45) is 0 Å². The Kier molecular flexibility index (Phi) is 8.09. The standard InChI is InChI=1S/C30H31ClFNO5/c1-30(2,3)38-29(37)33(17-27(34)19-6-10-23(31)11-7-19)24-12-8-18-4-5-20(14-22(18)15-24)25-13-9-21(28(35)36)16-26(25)32/h4-7,9-11,13-14,16,24,27,34H,8,12,15,17H2,1-3H3,(H,35,36)/t24-,27-/m0/s1. The second kappa shape index (κ2) is 11.1. The Bertz CT molecular complexity index is 1340. The molecule has 3 aromatic carbocycles. The largest absolute Gasteiger partial charge is 0.478 e. The summed E-state index contributed by atoms with van der Waals surface area (Å²) in [6, 6.07) is 16.1. The van der Waals surface area contributed by atoms with Gasteiger partial charge in [-0.05, 0) is 86.6 Å². The molecule has 200 valence electrons. The zero-order valence-electron chi connectivity index (χ0n) is 21.6. The number of aryl methyl sites for hydroxylation is 1. The van der Waals surface area contributed by atoms with Crippen LogP contribution >= 0.6 is 11.6 Å². The quantitative estimate of drug-likeness (QED) is 0.365. The summed E-state index contributed by atoms with van der Waals surface area (Å²) in [6.07, 6.45) is 0.446. The SMILES string of the molecule is CC(C)(C)OC(=O)N(C[C@H](O)c1ccc(Cl)cc1)[C@H]1CCc2ccc(-c3ccc(C(=O)O)cc3F)cc2C1. The number of nitrogens with zero attached hydrogens (tertiary/aromatic N) is 1. The maximum absolute atomic E-state index is 14.8. The number of hydrogen-bond acceptors (Lipinski definition) is 4. The van der Waals surface area contributed by atoms with Crippen LogP contribution in [0.2, 0.25) is 5.02 Å². The summed E-state index contributed by atoms with van der Waals surface area (Å²) in [4.78, 5) is 26.1. The fourth-order valence-electron chi connectivity index (χ4n) is 4.72. The van der Waals surface area contributed by atoms with Crippen molar-refractivity contribution in [1.82, 2.24) is 4.90 Å². The lowest BCUT2D eigenvalue weighted by molar-refractivity contribution is 0.00194. The molecule has 1 aliphatic carbocycles. The summed E-state index contributed by atoms with van der Waals surface area (Å²) < 4.78 is 20.5. The Morgan fingerprint density at radius 2 is 1.79 bits per heavy atom. The van der Waals surface area contributed by atoms with E-state index in [0.29, 0.717) is 41.0 Å². The van der Waals surface area contributed by atoms with Crippen molar-refractivity contribution in [2.75, 3.05) is 6.54 Å². The Labute approximate surface area is 226 Å². The van der Waals surface area contributed by atoms with E-state index in [4.69, 9.17) is 21.4 Å². The number of aromatic carboxylic acids is 1. The number of fused-ring (bicyclic) bond motifs is 1. The molecular weight excluding hydrogens is 509 g/mol. The Morgan fingerprint density at radius 3 is 2.42 bits per heavy atom. The first-order valence-electron chi connectivity index (χ1n) is 12.5. The van der Waals surface area contributed by atoms with Crippen molar-refractivity contribution in [1.29, 1.82) is 0 Å². The Hall–Kier alpha value is -3.42. The van der Waals surface area contributed by atoms with Crippen molar-refractivity contribution >= 4 is 23.7 Å². The summed E-state index contributed by atoms with van der Waals surface area (Å²) in [6.45, 7) is 5.43. The van der Waals surface area contributed by atoms with Crippen LogP contribution in [0.5, 0.6) is 0 Å². The molecule has 3 aromatic rings. The van der Waals surface area contributed by atoms with Gasteiger partial charge in [-0.1, -0.05) is 48.0 Å². The Balaban J connectivity index is 1.61. The van der Waals surface area contributed by atoms with Gasteiger partial charge < -0.3 is 19.8 Å². The number of aliphatic hydroxyl groups excluding tert-OH is 1. The molecule has 4 rings (SSSR count). The van der Waals surface area contributed by atoms with Gasteiger partial charge in [0.05, 0.1) is 18.2 Å². The van der Waals surface area contributed by atoms with E-state index in [1.165, 1.54) is 12.1 Å². The molecule has 2 N–H and O–H groups in total. The van der Waals surface area contributed by atoms with E-state index in [-0.39, 0.29) is 18.2 Å². The summed E-state index contributed by atoms with van der Waals surface area (Å²) in [7, 11) is 0. The lowest BCUT2D eigenvalue weighted by Gasteiger charge is -2.37. The molecule has 0 heterocycles. The molecule has 0 saturated heterocycles. The van der Waals surface area contributed by atoms with E-state index in [9.17, 15) is 19.1 Å². The second-order valence-electron chi connectivity index (χ2n) is 10.6. The van der Waals surface area contributed by atoms with Crippen LogP contribution in [0.15, 0.2) is 60.7 Å². The second-order valence-corrected chi connectivity index (χ2v) is 11.0. The van der Waals surface area contributed by atoms with Gasteiger partial charge in [-0.15, -0.1) is 0 Å². The third-order valence-electron chi connectivity index (χ3n) is 6.63. The monoisotopic (exact) mass is 539 g/mol. The Morgan fingerprint density at radius 1 is 1.08 bits per heavy atom. The number of carbonyl (C=O) groups excluding carboxylic acids is 1. The number of aliphatic hydroxyl groups is 1. The molecular formula is C30H31ClFNO5. The van der Waals surface area contributed by atoms with Crippen LogP contribution in [0.1, 0.15) is 60.3 Å².